The first-order valence-corrected chi connectivity index (χ1v) is 5.48. The number of nitrogens with zero attached hydrogens (tertiary/aromatic N) is 2. The van der Waals surface area contributed by atoms with Gasteiger partial charge in [0, 0.05) is 43.8 Å². The lowest BCUT2D eigenvalue weighted by Gasteiger charge is -2.18. The minimum atomic E-state index is 0.897. The van der Waals surface area contributed by atoms with E-state index >= 15 is 0 Å². The van der Waals surface area contributed by atoms with Gasteiger partial charge in [0.2, 0.25) is 0 Å². The van der Waals surface area contributed by atoms with E-state index in [1.807, 2.05) is 13.1 Å². The summed E-state index contributed by atoms with van der Waals surface area (Å²) in [6.07, 6.45) is 3.13. The van der Waals surface area contributed by atoms with Crippen LogP contribution in [0.15, 0.2) is 12.3 Å². The first kappa shape index (κ1) is 12.0. The highest BCUT2D eigenvalue weighted by atomic mass is 15.1. The van der Waals surface area contributed by atoms with Crippen molar-refractivity contribution in [2.24, 2.45) is 0 Å². The zero-order valence-electron chi connectivity index (χ0n) is 10.2. The lowest BCUT2D eigenvalue weighted by Crippen LogP contribution is -2.18. The summed E-state index contributed by atoms with van der Waals surface area (Å²) in [5, 5.41) is 3.40. The number of anilines is 1. The van der Waals surface area contributed by atoms with E-state index in [1.54, 1.807) is 0 Å². The molecule has 0 amide bonds. The molecule has 0 aliphatic carbocycles. The monoisotopic (exact) mass is 207 g/mol. The molecule has 1 aromatic rings. The van der Waals surface area contributed by atoms with Crippen molar-refractivity contribution < 1.29 is 0 Å². The minimum Gasteiger partial charge on any atom is -0.377 e. The number of pyridine rings is 1. The van der Waals surface area contributed by atoms with Gasteiger partial charge in [-0.1, -0.05) is 6.92 Å². The molecular weight excluding hydrogens is 186 g/mol. The van der Waals surface area contributed by atoms with E-state index in [9.17, 15) is 0 Å². The summed E-state index contributed by atoms with van der Waals surface area (Å²) in [5.41, 5.74) is 3.59. The molecule has 84 valence electrons. The zero-order chi connectivity index (χ0) is 11.3. The van der Waals surface area contributed by atoms with E-state index < -0.39 is 0 Å². The number of aromatic nitrogens is 1. The fourth-order valence-corrected chi connectivity index (χ4v) is 1.53. The molecule has 0 radical (unpaired) electrons. The molecule has 0 fully saturated rings. The van der Waals surface area contributed by atoms with E-state index in [1.165, 1.54) is 11.3 Å². The minimum absolute atomic E-state index is 0.897. The Morgan fingerprint density at radius 1 is 1.40 bits per heavy atom. The highest BCUT2D eigenvalue weighted by Crippen LogP contribution is 2.18. The van der Waals surface area contributed by atoms with E-state index in [4.69, 9.17) is 0 Å². The fourth-order valence-electron chi connectivity index (χ4n) is 1.53. The average molecular weight is 207 g/mol. The Balaban J connectivity index is 2.77. The largest absolute Gasteiger partial charge is 0.377 e. The standard InChI is InChI=1S/C12H21N3/c1-5-6-13-8-11-9-14-10(2)7-12(11)15(3)4/h7,9,13H,5-6,8H2,1-4H3. The van der Waals surface area contributed by atoms with Gasteiger partial charge in [-0.3, -0.25) is 4.98 Å². The summed E-state index contributed by atoms with van der Waals surface area (Å²) >= 11 is 0. The highest BCUT2D eigenvalue weighted by molar-refractivity contribution is 5.52. The Labute approximate surface area is 92.5 Å². The summed E-state index contributed by atoms with van der Waals surface area (Å²) in [7, 11) is 4.14. The first-order valence-electron chi connectivity index (χ1n) is 5.48. The van der Waals surface area contributed by atoms with Crippen molar-refractivity contribution in [2.45, 2.75) is 26.8 Å². The molecule has 1 heterocycles. The lowest BCUT2D eigenvalue weighted by molar-refractivity contribution is 0.673. The summed E-state index contributed by atoms with van der Waals surface area (Å²) < 4.78 is 0. The van der Waals surface area contributed by atoms with Crippen LogP contribution in [0.4, 0.5) is 5.69 Å². The molecule has 3 nitrogen and oxygen atoms in total. The fraction of sp³-hybridized carbons (Fsp3) is 0.583. The Hall–Kier alpha value is -1.09. The highest BCUT2D eigenvalue weighted by Gasteiger charge is 2.04. The molecule has 1 N–H and O–H groups in total. The normalized spacial score (nSPS) is 10.4. The smallest absolute Gasteiger partial charge is 0.0440 e. The van der Waals surface area contributed by atoms with Crippen LogP contribution < -0.4 is 10.2 Å². The van der Waals surface area contributed by atoms with Crippen molar-refractivity contribution in [3.63, 3.8) is 0 Å². The lowest BCUT2D eigenvalue weighted by atomic mass is 10.2. The van der Waals surface area contributed by atoms with Crippen LogP contribution in [0.3, 0.4) is 0 Å². The number of hydrogen-bond acceptors (Lipinski definition) is 3. The van der Waals surface area contributed by atoms with Crippen molar-refractivity contribution >= 4 is 5.69 Å². The van der Waals surface area contributed by atoms with Crippen LogP contribution in [-0.4, -0.2) is 25.6 Å². The van der Waals surface area contributed by atoms with E-state index in [2.05, 4.69) is 42.3 Å². The second kappa shape index (κ2) is 5.71. The van der Waals surface area contributed by atoms with Crippen LogP contribution in [0.2, 0.25) is 0 Å². The molecule has 0 aromatic carbocycles. The molecule has 0 atom stereocenters. The van der Waals surface area contributed by atoms with E-state index in [-0.39, 0.29) is 0 Å². The Bertz CT molecular complexity index is 308. The average Bonchev–Trinajstić information content (AvgIpc) is 2.20. The topological polar surface area (TPSA) is 28.2 Å². The molecule has 0 spiro atoms. The third-order valence-corrected chi connectivity index (χ3v) is 2.32. The van der Waals surface area contributed by atoms with Gasteiger partial charge in [0.1, 0.15) is 0 Å². The second-order valence-corrected chi connectivity index (χ2v) is 4.03. The molecule has 0 aliphatic heterocycles. The third kappa shape index (κ3) is 3.51. The number of nitrogens with one attached hydrogen (secondary N) is 1. The van der Waals surface area contributed by atoms with Crippen LogP contribution in [0.25, 0.3) is 0 Å². The van der Waals surface area contributed by atoms with Crippen LogP contribution in [0.1, 0.15) is 24.6 Å². The van der Waals surface area contributed by atoms with Gasteiger partial charge in [-0.15, -0.1) is 0 Å². The van der Waals surface area contributed by atoms with Crippen LogP contribution >= 0.6 is 0 Å². The van der Waals surface area contributed by atoms with Crippen molar-refractivity contribution in [3.05, 3.63) is 23.5 Å². The third-order valence-electron chi connectivity index (χ3n) is 2.32. The molecule has 0 aliphatic rings. The maximum Gasteiger partial charge on any atom is 0.0440 e. The summed E-state index contributed by atoms with van der Waals surface area (Å²) in [6.45, 7) is 6.15. The van der Waals surface area contributed by atoms with Crippen molar-refractivity contribution in [2.75, 3.05) is 25.5 Å². The van der Waals surface area contributed by atoms with Gasteiger partial charge in [0.25, 0.3) is 0 Å². The molecule has 0 unspecified atom stereocenters. The van der Waals surface area contributed by atoms with Gasteiger partial charge in [0.15, 0.2) is 0 Å². The van der Waals surface area contributed by atoms with Gasteiger partial charge in [0.05, 0.1) is 0 Å². The van der Waals surface area contributed by atoms with Gasteiger partial charge in [-0.25, -0.2) is 0 Å². The van der Waals surface area contributed by atoms with Gasteiger partial charge < -0.3 is 10.2 Å². The first-order chi connectivity index (χ1) is 7.15. The molecule has 0 bridgehead atoms. The molecule has 15 heavy (non-hydrogen) atoms. The quantitative estimate of drug-likeness (QED) is 0.748. The predicted octanol–water partition coefficient (Wildman–Crippen LogP) is 1.96. The van der Waals surface area contributed by atoms with Crippen molar-refractivity contribution in [1.82, 2.24) is 10.3 Å². The maximum absolute atomic E-state index is 4.33. The Morgan fingerprint density at radius 3 is 2.73 bits per heavy atom. The van der Waals surface area contributed by atoms with E-state index in [0.29, 0.717) is 0 Å². The molecule has 0 saturated heterocycles. The van der Waals surface area contributed by atoms with Gasteiger partial charge in [-0.05, 0) is 26.0 Å². The predicted molar refractivity (Wildman–Crippen MR) is 65.3 cm³/mol. The molecule has 3 heteroatoms. The SMILES string of the molecule is CCCNCc1cnc(C)cc1N(C)C. The van der Waals surface area contributed by atoms with Crippen LogP contribution in [0, 0.1) is 6.92 Å². The summed E-state index contributed by atoms with van der Waals surface area (Å²) in [5.74, 6) is 0. The molecule has 1 aromatic heterocycles. The summed E-state index contributed by atoms with van der Waals surface area (Å²) in [4.78, 5) is 6.47. The second-order valence-electron chi connectivity index (χ2n) is 4.03. The Morgan fingerprint density at radius 2 is 2.13 bits per heavy atom. The van der Waals surface area contributed by atoms with E-state index in [0.717, 1.165) is 25.2 Å². The van der Waals surface area contributed by atoms with Crippen LogP contribution in [0.5, 0.6) is 0 Å². The van der Waals surface area contributed by atoms with Crippen molar-refractivity contribution in [1.29, 1.82) is 0 Å². The van der Waals surface area contributed by atoms with Gasteiger partial charge in [-0.2, -0.15) is 0 Å². The zero-order valence-corrected chi connectivity index (χ0v) is 10.2. The number of aryl methyl sites for hydroxylation is 1. The maximum atomic E-state index is 4.33. The molecule has 1 rings (SSSR count). The summed E-state index contributed by atoms with van der Waals surface area (Å²) in [6, 6.07) is 2.13. The number of rotatable bonds is 5. The molecular formula is C12H21N3. The Kier molecular flexibility index (Phi) is 4.56. The van der Waals surface area contributed by atoms with Crippen LogP contribution in [-0.2, 0) is 6.54 Å². The van der Waals surface area contributed by atoms with Gasteiger partial charge >= 0.3 is 0 Å². The van der Waals surface area contributed by atoms with Crippen molar-refractivity contribution in [3.8, 4) is 0 Å². The number of hydrogen-bond donors (Lipinski definition) is 1. The molecule has 0 saturated carbocycles.